The minimum atomic E-state index is -0.207. The third kappa shape index (κ3) is 3.95. The van der Waals surface area contributed by atoms with Crippen LogP contribution in [0.25, 0.3) is 11.0 Å². The van der Waals surface area contributed by atoms with Gasteiger partial charge in [-0.1, -0.05) is 11.6 Å². The molecule has 1 N–H and O–H groups in total. The van der Waals surface area contributed by atoms with E-state index in [2.05, 4.69) is 14.9 Å². The lowest BCUT2D eigenvalue weighted by atomic mass is 10.3. The van der Waals surface area contributed by atoms with Crippen LogP contribution >= 0.6 is 11.6 Å². The van der Waals surface area contributed by atoms with Gasteiger partial charge in [0, 0.05) is 44.2 Å². The van der Waals surface area contributed by atoms with E-state index in [0.29, 0.717) is 24.7 Å². The van der Waals surface area contributed by atoms with Crippen molar-refractivity contribution >= 4 is 28.7 Å². The molecule has 0 unspecified atom stereocenters. The van der Waals surface area contributed by atoms with Crippen LogP contribution in [0.1, 0.15) is 12.7 Å². The second kappa shape index (κ2) is 7.19. The molecule has 1 aromatic carbocycles. The van der Waals surface area contributed by atoms with Crippen LogP contribution in [0.15, 0.2) is 18.2 Å². The third-order valence-electron chi connectivity index (χ3n) is 4.06. The molecule has 2 heterocycles. The molecule has 1 amide bonds. The van der Waals surface area contributed by atoms with Crippen molar-refractivity contribution in [1.82, 2.24) is 19.8 Å². The number of aromatic amines is 1. The van der Waals surface area contributed by atoms with E-state index in [0.717, 1.165) is 42.9 Å². The zero-order valence-corrected chi connectivity index (χ0v) is 14.0. The van der Waals surface area contributed by atoms with E-state index in [1.165, 1.54) is 0 Å². The van der Waals surface area contributed by atoms with Crippen LogP contribution in [-0.2, 0) is 11.2 Å². The van der Waals surface area contributed by atoms with Crippen molar-refractivity contribution in [2.75, 3.05) is 39.3 Å². The molecule has 7 heteroatoms. The lowest BCUT2D eigenvalue weighted by molar-refractivity contribution is 0.0798. The Bertz CT molecular complexity index is 680. The molecule has 1 saturated heterocycles. The third-order valence-corrected chi connectivity index (χ3v) is 4.29. The van der Waals surface area contributed by atoms with Crippen LogP contribution in [0.5, 0.6) is 0 Å². The number of nitrogens with one attached hydrogen (secondary N) is 1. The Kier molecular flexibility index (Phi) is 5.03. The molecule has 6 nitrogen and oxygen atoms in total. The molecule has 1 aliphatic heterocycles. The molecule has 1 aliphatic rings. The summed E-state index contributed by atoms with van der Waals surface area (Å²) >= 11 is 5.99. The van der Waals surface area contributed by atoms with Crippen molar-refractivity contribution in [3.8, 4) is 0 Å². The Morgan fingerprint density at radius 1 is 1.35 bits per heavy atom. The van der Waals surface area contributed by atoms with Gasteiger partial charge in [0.1, 0.15) is 5.82 Å². The van der Waals surface area contributed by atoms with Crippen molar-refractivity contribution in [1.29, 1.82) is 0 Å². The summed E-state index contributed by atoms with van der Waals surface area (Å²) in [4.78, 5) is 23.7. The van der Waals surface area contributed by atoms with Gasteiger partial charge in [0.05, 0.1) is 17.6 Å². The van der Waals surface area contributed by atoms with Gasteiger partial charge in [-0.15, -0.1) is 0 Å². The predicted molar refractivity (Wildman–Crippen MR) is 89.8 cm³/mol. The number of carbonyl (C=O) groups excluding carboxylic acids is 1. The van der Waals surface area contributed by atoms with E-state index < -0.39 is 0 Å². The molecule has 0 aliphatic carbocycles. The first kappa shape index (κ1) is 16.1. The lowest BCUT2D eigenvalue weighted by Gasteiger charge is -2.33. The first-order valence-corrected chi connectivity index (χ1v) is 8.31. The molecule has 1 fully saturated rings. The van der Waals surface area contributed by atoms with Crippen LogP contribution in [0.2, 0.25) is 5.02 Å². The van der Waals surface area contributed by atoms with Crippen molar-refractivity contribution in [2.45, 2.75) is 13.3 Å². The van der Waals surface area contributed by atoms with E-state index in [1.54, 1.807) is 4.90 Å². The number of aromatic nitrogens is 2. The number of fused-ring (bicyclic) bond motifs is 1. The molecule has 0 saturated carbocycles. The lowest BCUT2D eigenvalue weighted by Crippen LogP contribution is -2.49. The Morgan fingerprint density at radius 2 is 2.13 bits per heavy atom. The molecule has 3 rings (SSSR count). The van der Waals surface area contributed by atoms with E-state index >= 15 is 0 Å². The molecule has 0 atom stereocenters. The van der Waals surface area contributed by atoms with Crippen LogP contribution in [-0.4, -0.2) is 65.2 Å². The molecule has 23 heavy (non-hydrogen) atoms. The van der Waals surface area contributed by atoms with E-state index in [-0.39, 0.29) is 6.09 Å². The molecular weight excluding hydrogens is 316 g/mol. The largest absolute Gasteiger partial charge is 0.450 e. The Hall–Kier alpha value is -1.79. The summed E-state index contributed by atoms with van der Waals surface area (Å²) in [5.74, 6) is 0.968. The number of ether oxygens (including phenoxy) is 1. The minimum Gasteiger partial charge on any atom is -0.450 e. The fourth-order valence-corrected chi connectivity index (χ4v) is 2.96. The van der Waals surface area contributed by atoms with Gasteiger partial charge in [-0.3, -0.25) is 4.90 Å². The van der Waals surface area contributed by atoms with Crippen LogP contribution in [0.3, 0.4) is 0 Å². The summed E-state index contributed by atoms with van der Waals surface area (Å²) < 4.78 is 5.03. The highest BCUT2D eigenvalue weighted by atomic mass is 35.5. The molecule has 2 aromatic rings. The number of H-pyrrole nitrogens is 1. The van der Waals surface area contributed by atoms with Gasteiger partial charge in [-0.25, -0.2) is 9.78 Å². The zero-order valence-electron chi connectivity index (χ0n) is 13.2. The van der Waals surface area contributed by atoms with Crippen LogP contribution in [0, 0.1) is 0 Å². The number of carbonyl (C=O) groups is 1. The van der Waals surface area contributed by atoms with Crippen molar-refractivity contribution in [3.05, 3.63) is 29.0 Å². The average Bonchev–Trinajstić information content (AvgIpc) is 2.95. The monoisotopic (exact) mass is 336 g/mol. The molecule has 0 spiro atoms. The average molecular weight is 337 g/mol. The highest BCUT2D eigenvalue weighted by Crippen LogP contribution is 2.17. The van der Waals surface area contributed by atoms with Gasteiger partial charge in [0.15, 0.2) is 0 Å². The topological polar surface area (TPSA) is 61.5 Å². The number of hydrogen-bond donors (Lipinski definition) is 1. The molecule has 0 bridgehead atoms. The smallest absolute Gasteiger partial charge is 0.409 e. The summed E-state index contributed by atoms with van der Waals surface area (Å²) in [6.45, 7) is 6.34. The first-order valence-electron chi connectivity index (χ1n) is 7.94. The van der Waals surface area contributed by atoms with Gasteiger partial charge in [-0.2, -0.15) is 0 Å². The van der Waals surface area contributed by atoms with Gasteiger partial charge in [0.25, 0.3) is 0 Å². The number of halogens is 1. The predicted octanol–water partition coefficient (Wildman–Crippen LogP) is 2.53. The first-order chi connectivity index (χ1) is 11.2. The number of amides is 1. The Balaban J connectivity index is 1.50. The van der Waals surface area contributed by atoms with E-state index in [9.17, 15) is 4.79 Å². The van der Waals surface area contributed by atoms with Gasteiger partial charge >= 0.3 is 6.09 Å². The number of rotatable bonds is 4. The summed E-state index contributed by atoms with van der Waals surface area (Å²) in [5, 5.41) is 0.711. The Labute approximate surface area is 140 Å². The Morgan fingerprint density at radius 3 is 2.87 bits per heavy atom. The van der Waals surface area contributed by atoms with Gasteiger partial charge in [-0.05, 0) is 25.1 Å². The summed E-state index contributed by atoms with van der Waals surface area (Å²) in [5.41, 5.74) is 1.91. The van der Waals surface area contributed by atoms with Crippen molar-refractivity contribution in [2.24, 2.45) is 0 Å². The number of imidazole rings is 1. The van der Waals surface area contributed by atoms with Crippen molar-refractivity contribution < 1.29 is 9.53 Å². The highest BCUT2D eigenvalue weighted by Gasteiger charge is 2.21. The summed E-state index contributed by atoms with van der Waals surface area (Å²) in [6, 6.07) is 5.67. The van der Waals surface area contributed by atoms with E-state index in [1.807, 2.05) is 25.1 Å². The molecule has 1 aromatic heterocycles. The van der Waals surface area contributed by atoms with Gasteiger partial charge in [0.2, 0.25) is 0 Å². The van der Waals surface area contributed by atoms with Crippen molar-refractivity contribution in [3.63, 3.8) is 0 Å². The quantitative estimate of drug-likeness (QED) is 0.932. The van der Waals surface area contributed by atoms with E-state index in [4.69, 9.17) is 16.3 Å². The highest BCUT2D eigenvalue weighted by molar-refractivity contribution is 6.31. The number of hydrogen-bond acceptors (Lipinski definition) is 4. The zero-order chi connectivity index (χ0) is 16.2. The molecular formula is C16H21ClN4O2. The maximum atomic E-state index is 11.7. The maximum absolute atomic E-state index is 11.7. The second-order valence-electron chi connectivity index (χ2n) is 5.62. The normalized spacial score (nSPS) is 16.0. The number of nitrogens with zero attached hydrogens (tertiary/aromatic N) is 3. The maximum Gasteiger partial charge on any atom is 0.409 e. The fraction of sp³-hybridized carbons (Fsp3) is 0.500. The number of benzene rings is 1. The second-order valence-corrected chi connectivity index (χ2v) is 6.06. The SMILES string of the molecule is CCOC(=O)N1CCN(CCc2nc3ccc(Cl)cc3[nH]2)CC1. The molecule has 124 valence electrons. The summed E-state index contributed by atoms with van der Waals surface area (Å²) in [7, 11) is 0. The van der Waals surface area contributed by atoms with Crippen LogP contribution in [0.4, 0.5) is 4.79 Å². The van der Waals surface area contributed by atoms with Gasteiger partial charge < -0.3 is 14.6 Å². The standard InChI is InChI=1S/C16H21ClN4O2/c1-2-23-16(22)21-9-7-20(8-10-21)6-5-15-18-13-4-3-12(17)11-14(13)19-15/h3-4,11H,2,5-10H2,1H3,(H,18,19). The summed E-state index contributed by atoms with van der Waals surface area (Å²) in [6.07, 6.45) is 0.646. The van der Waals surface area contributed by atoms with Crippen LogP contribution < -0.4 is 0 Å². The minimum absolute atomic E-state index is 0.207. The fourth-order valence-electron chi connectivity index (χ4n) is 2.79. The number of piperazine rings is 1. The molecule has 0 radical (unpaired) electrons.